The molecule has 0 saturated carbocycles. The van der Waals surface area contributed by atoms with Gasteiger partial charge in [-0.25, -0.2) is 0 Å². The average molecular weight is 594 g/mol. The van der Waals surface area contributed by atoms with E-state index in [1.165, 1.54) is 0 Å². The monoisotopic (exact) mass is 594 g/mol. The highest BCUT2D eigenvalue weighted by molar-refractivity contribution is 7.99. The summed E-state index contributed by atoms with van der Waals surface area (Å²) in [4.78, 5) is 34.0. The van der Waals surface area contributed by atoms with Gasteiger partial charge in [0.25, 0.3) is 0 Å². The molecule has 218 valence electrons. The van der Waals surface area contributed by atoms with Gasteiger partial charge in [0.2, 0.25) is 11.8 Å². The maximum Gasteiger partial charge on any atom is 0.460 e. The molecular weight excluding hydrogens is 575 g/mol. The number of rotatable bonds is 14. The van der Waals surface area contributed by atoms with Crippen LogP contribution in [0.4, 0.5) is 57.1 Å². The summed E-state index contributed by atoms with van der Waals surface area (Å²) in [5.41, 5.74) is 0. The van der Waals surface area contributed by atoms with E-state index in [9.17, 15) is 71.5 Å². The van der Waals surface area contributed by atoms with Crippen LogP contribution in [0.15, 0.2) is 0 Å². The fourth-order valence-corrected chi connectivity index (χ4v) is 3.14. The predicted octanol–water partition coefficient (Wildman–Crippen LogP) is 4.33. The number of carbonyl (C=O) groups is 3. The first kappa shape index (κ1) is 34.9. The lowest BCUT2D eigenvalue weighted by Gasteiger charge is -2.39. The Labute approximate surface area is 203 Å². The van der Waals surface area contributed by atoms with E-state index in [1.807, 2.05) is 10.6 Å². The van der Waals surface area contributed by atoms with Gasteiger partial charge in [-0.3, -0.25) is 14.4 Å². The molecule has 2 atom stereocenters. The second kappa shape index (κ2) is 11.7. The predicted molar refractivity (Wildman–Crippen MR) is 100 cm³/mol. The van der Waals surface area contributed by atoms with Crippen LogP contribution in [0.3, 0.4) is 0 Å². The van der Waals surface area contributed by atoms with E-state index in [2.05, 4.69) is 0 Å². The van der Waals surface area contributed by atoms with E-state index in [4.69, 9.17) is 5.11 Å². The molecule has 37 heavy (non-hydrogen) atoms. The Morgan fingerprint density at radius 3 is 1.59 bits per heavy atom. The molecule has 0 aliphatic carbocycles. The van der Waals surface area contributed by atoms with Crippen LogP contribution < -0.4 is 10.6 Å². The zero-order valence-corrected chi connectivity index (χ0v) is 19.3. The largest absolute Gasteiger partial charge is 0.480 e. The van der Waals surface area contributed by atoms with Gasteiger partial charge in [0.1, 0.15) is 12.1 Å². The molecule has 0 heterocycles. The first-order valence-electron chi connectivity index (χ1n) is 9.64. The van der Waals surface area contributed by atoms with Crippen molar-refractivity contribution >= 4 is 29.5 Å². The van der Waals surface area contributed by atoms with Gasteiger partial charge in [-0.1, -0.05) is 0 Å². The molecule has 0 radical (unpaired) electrons. The number of halogens is 13. The number of aliphatic carboxylic acids is 1. The van der Waals surface area contributed by atoms with E-state index >= 15 is 0 Å². The molecule has 0 aliphatic rings. The van der Waals surface area contributed by atoms with Crippen molar-refractivity contribution in [1.82, 2.24) is 10.6 Å². The molecule has 0 saturated heterocycles. The lowest BCUT2D eigenvalue weighted by molar-refractivity contribution is -0.439. The average Bonchev–Trinajstić information content (AvgIpc) is 2.71. The highest BCUT2D eigenvalue weighted by Gasteiger charge is 2.90. The molecule has 0 spiro atoms. The molecule has 0 fully saturated rings. The van der Waals surface area contributed by atoms with Gasteiger partial charge in [0.05, 0.1) is 0 Å². The second-order valence-electron chi connectivity index (χ2n) is 7.47. The molecule has 3 N–H and O–H groups in total. The molecule has 2 unspecified atom stereocenters. The van der Waals surface area contributed by atoms with Gasteiger partial charge in [-0.05, 0) is 19.6 Å². The zero-order chi connectivity index (χ0) is 29.8. The van der Waals surface area contributed by atoms with Gasteiger partial charge in [-0.2, -0.15) is 68.8 Å². The van der Waals surface area contributed by atoms with Crippen molar-refractivity contribution < 1.29 is 76.6 Å². The van der Waals surface area contributed by atoms with Gasteiger partial charge >= 0.3 is 41.8 Å². The molecule has 0 aromatic rings. The van der Waals surface area contributed by atoms with E-state index in [0.29, 0.717) is 0 Å². The Balaban J connectivity index is 5.04. The highest BCUT2D eigenvalue weighted by atomic mass is 32.2. The lowest BCUT2D eigenvalue weighted by atomic mass is 9.93. The number of hydrogen-bond acceptors (Lipinski definition) is 4. The molecule has 0 aliphatic heterocycles. The standard InChI is InChI=1S/C17H19F13N2O4S/c1-7(10(34)32-8(2)11(35)36)31-9(33)3-5-37-6-4-12(18,19)13(20,21)14(22,23)15(24,25)16(26,27)17(28,29)30/h7-8H,3-6H2,1-2H3,(H,31,33)(H,32,34)(H,35,36). The minimum absolute atomic E-state index is 0.190. The van der Waals surface area contributed by atoms with Gasteiger partial charge in [0, 0.05) is 18.6 Å². The van der Waals surface area contributed by atoms with Gasteiger partial charge in [-0.15, -0.1) is 0 Å². The summed E-state index contributed by atoms with van der Waals surface area (Å²) in [6.45, 7) is 2.22. The number of hydrogen-bond donors (Lipinski definition) is 3. The Morgan fingerprint density at radius 1 is 0.703 bits per heavy atom. The van der Waals surface area contributed by atoms with Crippen molar-refractivity contribution in [3.63, 3.8) is 0 Å². The summed E-state index contributed by atoms with van der Waals surface area (Å²) in [6.07, 6.45) is -10.5. The number of carboxylic acids is 1. The SMILES string of the molecule is CC(NC(=O)C(C)NC(=O)CCSCCC(F)(F)C(F)(F)C(F)(F)C(F)(F)C(F)(F)C(F)(F)F)C(=O)O. The maximum absolute atomic E-state index is 13.7. The van der Waals surface area contributed by atoms with Crippen LogP contribution in [0.25, 0.3) is 0 Å². The molecule has 0 bridgehead atoms. The van der Waals surface area contributed by atoms with Crippen molar-refractivity contribution in [2.75, 3.05) is 11.5 Å². The first-order valence-corrected chi connectivity index (χ1v) is 10.8. The second-order valence-corrected chi connectivity index (χ2v) is 8.69. The van der Waals surface area contributed by atoms with E-state index in [-0.39, 0.29) is 11.8 Å². The molecular formula is C17H19F13N2O4S. The number of amides is 2. The third-order valence-corrected chi connectivity index (χ3v) is 5.52. The van der Waals surface area contributed by atoms with Crippen LogP contribution in [-0.2, 0) is 14.4 Å². The fraction of sp³-hybridized carbons (Fsp3) is 0.824. The summed E-state index contributed by atoms with van der Waals surface area (Å²) < 4.78 is 169. The number of carboxylic acid groups (broad SMARTS) is 1. The van der Waals surface area contributed by atoms with Crippen LogP contribution >= 0.6 is 11.8 Å². The molecule has 2 amide bonds. The summed E-state index contributed by atoms with van der Waals surface area (Å²) in [5.74, 6) is -42.2. The Kier molecular flexibility index (Phi) is 11.0. The van der Waals surface area contributed by atoms with Crippen molar-refractivity contribution in [3.05, 3.63) is 0 Å². The molecule has 20 heteroatoms. The number of thioether (sulfide) groups is 1. The van der Waals surface area contributed by atoms with Gasteiger partial charge in [0.15, 0.2) is 0 Å². The summed E-state index contributed by atoms with van der Waals surface area (Å²) in [5, 5.41) is 12.7. The Morgan fingerprint density at radius 2 is 1.16 bits per heavy atom. The van der Waals surface area contributed by atoms with E-state index in [1.54, 1.807) is 0 Å². The molecule has 6 nitrogen and oxygen atoms in total. The third-order valence-electron chi connectivity index (χ3n) is 4.53. The van der Waals surface area contributed by atoms with Crippen LogP contribution in [-0.4, -0.2) is 82.3 Å². The topological polar surface area (TPSA) is 95.5 Å². The quantitative estimate of drug-likeness (QED) is 0.206. The molecule has 0 aromatic heterocycles. The number of carbonyl (C=O) groups excluding carboxylic acids is 2. The van der Waals surface area contributed by atoms with Crippen molar-refractivity contribution in [1.29, 1.82) is 0 Å². The van der Waals surface area contributed by atoms with Crippen LogP contribution in [0.1, 0.15) is 26.7 Å². The highest BCUT2D eigenvalue weighted by Crippen LogP contribution is 2.60. The number of nitrogens with one attached hydrogen (secondary N) is 2. The minimum atomic E-state index is -7.96. The van der Waals surface area contributed by atoms with Crippen LogP contribution in [0.5, 0.6) is 0 Å². The van der Waals surface area contributed by atoms with Crippen molar-refractivity contribution in [2.24, 2.45) is 0 Å². The van der Waals surface area contributed by atoms with Crippen molar-refractivity contribution in [2.45, 2.75) is 74.6 Å². The summed E-state index contributed by atoms with van der Waals surface area (Å²) >= 11 is 0.190. The number of alkyl halides is 13. The van der Waals surface area contributed by atoms with Gasteiger partial charge < -0.3 is 15.7 Å². The lowest BCUT2D eigenvalue weighted by Crippen LogP contribution is -2.70. The van der Waals surface area contributed by atoms with Crippen molar-refractivity contribution in [3.8, 4) is 0 Å². The molecule has 0 aromatic carbocycles. The first-order chi connectivity index (χ1) is 16.3. The zero-order valence-electron chi connectivity index (χ0n) is 18.5. The van der Waals surface area contributed by atoms with Crippen LogP contribution in [0, 0.1) is 0 Å². The van der Waals surface area contributed by atoms with E-state index < -0.39 is 90.0 Å². The fourth-order valence-electron chi connectivity index (χ4n) is 2.21. The third kappa shape index (κ3) is 7.46. The van der Waals surface area contributed by atoms with E-state index in [0.717, 1.165) is 13.8 Å². The molecule has 0 rings (SSSR count). The summed E-state index contributed by atoms with van der Waals surface area (Å²) in [6, 6.07) is -2.62. The van der Waals surface area contributed by atoms with Crippen LogP contribution in [0.2, 0.25) is 0 Å². The smallest absolute Gasteiger partial charge is 0.460 e. The Hall–Kier alpha value is -2.15. The summed E-state index contributed by atoms with van der Waals surface area (Å²) in [7, 11) is 0. The maximum atomic E-state index is 13.7. The Bertz CT molecular complexity index is 837. The minimum Gasteiger partial charge on any atom is -0.480 e. The normalized spacial score (nSPS) is 15.6.